The zero-order valence-electron chi connectivity index (χ0n) is 8.83. The van der Waals surface area contributed by atoms with Crippen molar-refractivity contribution in [2.75, 3.05) is 7.11 Å². The molecule has 0 saturated heterocycles. The number of nitrogens with one attached hydrogen (secondary N) is 1. The number of H-pyrrole nitrogens is 1. The van der Waals surface area contributed by atoms with Crippen molar-refractivity contribution in [2.45, 2.75) is 0 Å². The lowest BCUT2D eigenvalue weighted by Crippen LogP contribution is -2.00. The number of nitrogens with zero attached hydrogens (tertiary/aromatic N) is 1. The van der Waals surface area contributed by atoms with E-state index in [1.165, 1.54) is 13.3 Å². The summed E-state index contributed by atoms with van der Waals surface area (Å²) >= 11 is 6.80. The third kappa shape index (κ3) is 2.58. The predicted octanol–water partition coefficient (Wildman–Crippen LogP) is 3.39. The average molecular weight is 360 g/mol. The molecule has 0 aliphatic rings. The van der Waals surface area contributed by atoms with Gasteiger partial charge in [-0.2, -0.15) is 0 Å². The van der Waals surface area contributed by atoms with Crippen LogP contribution in [0.25, 0.3) is 11.4 Å². The van der Waals surface area contributed by atoms with Crippen molar-refractivity contribution in [3.05, 3.63) is 39.0 Å². The lowest BCUT2D eigenvalue weighted by Gasteiger charge is -2.00. The van der Waals surface area contributed by atoms with Crippen molar-refractivity contribution in [1.82, 2.24) is 9.97 Å². The average Bonchev–Trinajstić information content (AvgIpc) is 2.81. The lowest BCUT2D eigenvalue weighted by molar-refractivity contribution is 0.0595. The Bertz CT molecular complexity index is 566. The summed E-state index contributed by atoms with van der Waals surface area (Å²) in [6.45, 7) is 0. The summed E-state index contributed by atoms with van der Waals surface area (Å²) in [7, 11) is 1.33. The van der Waals surface area contributed by atoms with E-state index in [4.69, 9.17) is 0 Å². The molecule has 4 nitrogen and oxygen atoms in total. The molecule has 1 aromatic heterocycles. The normalized spacial score (nSPS) is 10.3. The summed E-state index contributed by atoms with van der Waals surface area (Å²) in [6, 6.07) is 5.71. The molecule has 0 aliphatic heterocycles. The first kappa shape index (κ1) is 12.3. The van der Waals surface area contributed by atoms with Gasteiger partial charge in [0.25, 0.3) is 0 Å². The molecule has 0 atom stereocenters. The van der Waals surface area contributed by atoms with Gasteiger partial charge < -0.3 is 9.72 Å². The number of methoxy groups -OCH3 is 1. The number of rotatable bonds is 2. The predicted molar refractivity (Wildman–Crippen MR) is 70.8 cm³/mol. The van der Waals surface area contributed by atoms with Gasteiger partial charge in [0, 0.05) is 14.5 Å². The summed E-state index contributed by atoms with van der Waals surface area (Å²) < 4.78 is 6.48. The van der Waals surface area contributed by atoms with Crippen LogP contribution in [0.15, 0.2) is 33.3 Å². The van der Waals surface area contributed by atoms with Crippen molar-refractivity contribution in [1.29, 1.82) is 0 Å². The molecule has 0 fully saturated rings. The standard InChI is InChI=1S/C11H8Br2N2O2/c1-17-11(16)9-5-14-10(15-9)6-2-3-7(12)8(13)4-6/h2-5H,1H3,(H,14,15). The summed E-state index contributed by atoms with van der Waals surface area (Å²) in [6.07, 6.45) is 1.46. The van der Waals surface area contributed by atoms with Crippen LogP contribution in [0.1, 0.15) is 10.5 Å². The SMILES string of the molecule is COC(=O)c1cnc(-c2ccc(Br)c(Br)c2)[nH]1. The second-order valence-electron chi connectivity index (χ2n) is 3.27. The number of hydrogen-bond donors (Lipinski definition) is 1. The third-order valence-corrected chi connectivity index (χ3v) is 4.05. The van der Waals surface area contributed by atoms with Gasteiger partial charge in [-0.15, -0.1) is 0 Å². The molecule has 0 amide bonds. The summed E-state index contributed by atoms with van der Waals surface area (Å²) in [4.78, 5) is 18.3. The van der Waals surface area contributed by atoms with E-state index in [0.717, 1.165) is 14.5 Å². The minimum atomic E-state index is -0.431. The number of benzene rings is 1. The zero-order valence-corrected chi connectivity index (χ0v) is 12.0. The van der Waals surface area contributed by atoms with Crippen molar-refractivity contribution in [3.8, 4) is 11.4 Å². The summed E-state index contributed by atoms with van der Waals surface area (Å²) in [5.74, 6) is 0.193. The molecule has 0 saturated carbocycles. The highest BCUT2D eigenvalue weighted by Gasteiger charge is 2.11. The number of carbonyl (C=O) groups excluding carboxylic acids is 1. The minimum absolute atomic E-state index is 0.335. The molecular formula is C11H8Br2N2O2. The van der Waals surface area contributed by atoms with Gasteiger partial charge in [0.1, 0.15) is 11.5 Å². The zero-order chi connectivity index (χ0) is 12.4. The number of ether oxygens (including phenoxy) is 1. The monoisotopic (exact) mass is 358 g/mol. The topological polar surface area (TPSA) is 55.0 Å². The Morgan fingerprint density at radius 3 is 2.76 bits per heavy atom. The van der Waals surface area contributed by atoms with Crippen molar-refractivity contribution in [3.63, 3.8) is 0 Å². The van der Waals surface area contributed by atoms with E-state index in [-0.39, 0.29) is 0 Å². The number of carbonyl (C=O) groups is 1. The van der Waals surface area contributed by atoms with Gasteiger partial charge in [0.15, 0.2) is 0 Å². The molecule has 1 aromatic carbocycles. The fourth-order valence-corrected chi connectivity index (χ4v) is 1.95. The maximum Gasteiger partial charge on any atom is 0.356 e. The van der Waals surface area contributed by atoms with E-state index < -0.39 is 5.97 Å². The van der Waals surface area contributed by atoms with Gasteiger partial charge >= 0.3 is 5.97 Å². The van der Waals surface area contributed by atoms with E-state index in [9.17, 15) is 4.79 Å². The second kappa shape index (κ2) is 5.01. The van der Waals surface area contributed by atoms with Crippen LogP contribution in [0.2, 0.25) is 0 Å². The molecular weight excluding hydrogens is 352 g/mol. The van der Waals surface area contributed by atoms with Gasteiger partial charge in [-0.25, -0.2) is 9.78 Å². The Labute approximate surface area is 115 Å². The van der Waals surface area contributed by atoms with E-state index in [0.29, 0.717) is 11.5 Å². The van der Waals surface area contributed by atoms with Gasteiger partial charge in [-0.05, 0) is 44.0 Å². The number of aromatic amines is 1. The molecule has 0 spiro atoms. The first-order valence-electron chi connectivity index (χ1n) is 4.70. The number of imidazole rings is 1. The van der Waals surface area contributed by atoms with Crippen LogP contribution in [0.4, 0.5) is 0 Å². The maximum atomic E-state index is 11.3. The van der Waals surface area contributed by atoms with Crippen molar-refractivity contribution < 1.29 is 9.53 Å². The van der Waals surface area contributed by atoms with E-state index in [2.05, 4.69) is 46.6 Å². The molecule has 6 heteroatoms. The van der Waals surface area contributed by atoms with Gasteiger partial charge in [-0.3, -0.25) is 0 Å². The summed E-state index contributed by atoms with van der Waals surface area (Å²) in [5, 5.41) is 0. The highest BCUT2D eigenvalue weighted by atomic mass is 79.9. The van der Waals surface area contributed by atoms with Gasteiger partial charge in [0.2, 0.25) is 0 Å². The molecule has 0 unspecified atom stereocenters. The quantitative estimate of drug-likeness (QED) is 0.836. The molecule has 1 N–H and O–H groups in total. The van der Waals surface area contributed by atoms with Crippen LogP contribution in [0.3, 0.4) is 0 Å². The van der Waals surface area contributed by atoms with Crippen LogP contribution in [-0.2, 0) is 4.74 Å². The van der Waals surface area contributed by atoms with Crippen LogP contribution < -0.4 is 0 Å². The van der Waals surface area contributed by atoms with Crippen LogP contribution in [0, 0.1) is 0 Å². The molecule has 0 radical (unpaired) electrons. The Balaban J connectivity index is 2.37. The Morgan fingerprint density at radius 2 is 2.12 bits per heavy atom. The van der Waals surface area contributed by atoms with E-state index in [1.54, 1.807) is 0 Å². The second-order valence-corrected chi connectivity index (χ2v) is 4.97. The molecule has 1 heterocycles. The molecule has 2 aromatic rings. The first-order chi connectivity index (χ1) is 8.11. The number of halogens is 2. The maximum absolute atomic E-state index is 11.3. The Kier molecular flexibility index (Phi) is 3.63. The minimum Gasteiger partial charge on any atom is -0.464 e. The number of esters is 1. The van der Waals surface area contributed by atoms with Crippen molar-refractivity contribution >= 4 is 37.8 Å². The highest BCUT2D eigenvalue weighted by molar-refractivity contribution is 9.13. The first-order valence-corrected chi connectivity index (χ1v) is 6.29. The number of hydrogen-bond acceptors (Lipinski definition) is 3. The highest BCUT2D eigenvalue weighted by Crippen LogP contribution is 2.27. The van der Waals surface area contributed by atoms with Gasteiger partial charge in [-0.1, -0.05) is 6.07 Å². The molecule has 17 heavy (non-hydrogen) atoms. The molecule has 88 valence electrons. The number of aromatic nitrogens is 2. The fourth-order valence-electron chi connectivity index (χ4n) is 1.33. The summed E-state index contributed by atoms with van der Waals surface area (Å²) in [5.41, 5.74) is 1.22. The van der Waals surface area contributed by atoms with E-state index >= 15 is 0 Å². The Hall–Kier alpha value is -1.14. The lowest BCUT2D eigenvalue weighted by atomic mass is 10.2. The fraction of sp³-hybridized carbons (Fsp3) is 0.0909. The van der Waals surface area contributed by atoms with Crippen LogP contribution in [0.5, 0.6) is 0 Å². The largest absolute Gasteiger partial charge is 0.464 e. The smallest absolute Gasteiger partial charge is 0.356 e. The molecule has 0 bridgehead atoms. The Morgan fingerprint density at radius 1 is 1.35 bits per heavy atom. The van der Waals surface area contributed by atoms with Crippen molar-refractivity contribution in [2.24, 2.45) is 0 Å². The molecule has 0 aliphatic carbocycles. The molecule has 2 rings (SSSR count). The van der Waals surface area contributed by atoms with Gasteiger partial charge in [0.05, 0.1) is 13.3 Å². The third-order valence-electron chi connectivity index (χ3n) is 2.17. The van der Waals surface area contributed by atoms with Crippen LogP contribution >= 0.6 is 31.9 Å². The van der Waals surface area contributed by atoms with E-state index in [1.807, 2.05) is 18.2 Å². The van der Waals surface area contributed by atoms with Crippen LogP contribution in [-0.4, -0.2) is 23.0 Å².